The van der Waals surface area contributed by atoms with Gasteiger partial charge in [-0.1, -0.05) is 0 Å². The Morgan fingerprint density at radius 1 is 1.50 bits per heavy atom. The molecule has 0 atom stereocenters. The van der Waals surface area contributed by atoms with Crippen molar-refractivity contribution in [3.8, 4) is 0 Å². The predicted molar refractivity (Wildman–Crippen MR) is 17.9 cm³/mol. The van der Waals surface area contributed by atoms with E-state index in [1.807, 2.05) is 0 Å². The van der Waals surface area contributed by atoms with Crippen molar-refractivity contribution in [2.45, 2.75) is 0 Å². The van der Waals surface area contributed by atoms with Crippen molar-refractivity contribution in [1.82, 2.24) is 0 Å². The fourth-order valence-corrected chi connectivity index (χ4v) is 0. The molecule has 0 unspecified atom stereocenters. The molecule has 0 nitrogen and oxygen atoms in total. The van der Waals surface area contributed by atoms with Crippen LogP contribution in [0.15, 0.2) is 6.08 Å². The maximum Gasteiger partial charge on any atom is 1.00 e. The molecule has 0 saturated carbocycles. The second-order valence-electron chi connectivity index (χ2n) is 0.355. The van der Waals surface area contributed by atoms with Crippen LogP contribution in [0.3, 0.4) is 0 Å². The van der Waals surface area contributed by atoms with Gasteiger partial charge in [-0.25, -0.2) is 8.78 Å². The van der Waals surface area contributed by atoms with E-state index < -0.39 is 6.08 Å². The molecule has 6 heavy (non-hydrogen) atoms. The van der Waals surface area contributed by atoms with Crippen LogP contribution in [-0.4, -0.2) is 0 Å². The molecule has 0 fully saturated rings. The third-order valence-corrected chi connectivity index (χ3v) is 0.371. The molecule has 0 aliphatic rings. The second-order valence-corrected chi connectivity index (χ2v) is 0.751. The minimum absolute atomic E-state index is 0. The Morgan fingerprint density at radius 3 is 1.67 bits per heavy atom. The van der Waals surface area contributed by atoms with Crippen LogP contribution in [0.25, 0.3) is 0 Å². The van der Waals surface area contributed by atoms with Crippen LogP contribution in [0.1, 0.15) is 0 Å². The topological polar surface area (TPSA) is 0 Å². The van der Waals surface area contributed by atoms with Crippen molar-refractivity contribution in [2.75, 3.05) is 0 Å². The number of halogens is 3. The minimum Gasteiger partial charge on any atom is -0.353 e. The molecule has 0 rings (SSSR count). The van der Waals surface area contributed by atoms with E-state index in [1.165, 1.54) is 4.99 Å². The normalized spacial score (nSPS) is 5.83. The largest absolute Gasteiger partial charge is 1.00 e. The summed E-state index contributed by atoms with van der Waals surface area (Å²) in [6.07, 6.45) is -1.83. The average molecular weight is 149 g/mol. The molecule has 0 saturated heterocycles. The van der Waals surface area contributed by atoms with Gasteiger partial charge < -0.3 is 20.9 Å². The van der Waals surface area contributed by atoms with Gasteiger partial charge >= 0.3 is 18.9 Å². The van der Waals surface area contributed by atoms with Crippen LogP contribution >= 0.6 is 15.9 Å². The number of hydrogen-bond acceptors (Lipinski definition) is 0. The summed E-state index contributed by atoms with van der Waals surface area (Å²) in [6, 6.07) is 0. The monoisotopic (exact) mass is 148 g/mol. The summed E-state index contributed by atoms with van der Waals surface area (Å²) in [4.78, 5) is 1.42. The zero-order valence-corrected chi connectivity index (χ0v) is 4.72. The Balaban J connectivity index is 0. The van der Waals surface area contributed by atoms with E-state index in [0.29, 0.717) is 0 Å². The summed E-state index contributed by atoms with van der Waals surface area (Å²) in [5.41, 5.74) is 0. The van der Waals surface area contributed by atoms with E-state index in [0.717, 1.165) is 0 Å². The van der Waals surface area contributed by atoms with Crippen molar-refractivity contribution in [1.29, 1.82) is 0 Å². The van der Waals surface area contributed by atoms with Gasteiger partial charge in [0.2, 0.25) is 0 Å². The third-order valence-electron chi connectivity index (χ3n) is 0.0714. The molecule has 30 valence electrons. The summed E-state index contributed by atoms with van der Waals surface area (Å²) < 4.78 is 21.0. The quantitative estimate of drug-likeness (QED) is 0.303. The maximum absolute atomic E-state index is 10.5. The van der Waals surface area contributed by atoms with E-state index in [9.17, 15) is 8.78 Å². The Kier molecular flexibility index (Phi) is 9.31. The molecule has 0 aliphatic carbocycles. The summed E-state index contributed by atoms with van der Waals surface area (Å²) in [5.74, 6) is 0. The van der Waals surface area contributed by atoms with Gasteiger partial charge in [-0.2, -0.15) is 0 Å². The van der Waals surface area contributed by atoms with E-state index in [2.05, 4.69) is 15.9 Å². The summed E-state index contributed by atoms with van der Waals surface area (Å²) >= 11 is 2.28. The first-order valence-corrected chi connectivity index (χ1v) is 1.61. The molecule has 0 bridgehead atoms. The standard InChI is InChI=1S/C2BrF2.Li/c3-1-2(4)5;/q-1;+1. The molecule has 0 amide bonds. The Labute approximate surface area is 54.9 Å². The van der Waals surface area contributed by atoms with Gasteiger partial charge in [0.15, 0.2) is 0 Å². The Bertz CT molecular complexity index is 49.5. The summed E-state index contributed by atoms with van der Waals surface area (Å²) in [7, 11) is 0. The van der Waals surface area contributed by atoms with Gasteiger partial charge in [0.25, 0.3) is 0 Å². The van der Waals surface area contributed by atoms with E-state index in [1.54, 1.807) is 0 Å². The van der Waals surface area contributed by atoms with Crippen LogP contribution in [0.2, 0.25) is 0 Å². The number of rotatable bonds is 0. The zero-order chi connectivity index (χ0) is 4.28. The molecule has 0 aromatic heterocycles. The van der Waals surface area contributed by atoms with Gasteiger partial charge in [-0.3, -0.25) is 0 Å². The van der Waals surface area contributed by atoms with E-state index in [4.69, 9.17) is 0 Å². The van der Waals surface area contributed by atoms with E-state index >= 15 is 0 Å². The summed E-state index contributed by atoms with van der Waals surface area (Å²) in [6.45, 7) is 0. The zero-order valence-electron chi connectivity index (χ0n) is 3.13. The van der Waals surface area contributed by atoms with Gasteiger partial charge in [-0.15, -0.1) is 0 Å². The van der Waals surface area contributed by atoms with E-state index in [-0.39, 0.29) is 18.9 Å². The van der Waals surface area contributed by atoms with Crippen molar-refractivity contribution >= 4 is 15.9 Å². The van der Waals surface area contributed by atoms with Crippen LogP contribution < -0.4 is 18.9 Å². The van der Waals surface area contributed by atoms with Gasteiger partial charge in [0, 0.05) is 0 Å². The van der Waals surface area contributed by atoms with Crippen molar-refractivity contribution in [3.63, 3.8) is 0 Å². The molecule has 0 spiro atoms. The summed E-state index contributed by atoms with van der Waals surface area (Å²) in [5, 5.41) is 0. The second kappa shape index (κ2) is 5.68. The van der Waals surface area contributed by atoms with Crippen molar-refractivity contribution in [2.24, 2.45) is 0 Å². The fourth-order valence-electron chi connectivity index (χ4n) is 0. The average Bonchev–Trinajstić information content (AvgIpc) is 1.38. The molecule has 0 aliphatic heterocycles. The first-order valence-electron chi connectivity index (χ1n) is 0.817. The first-order chi connectivity index (χ1) is 2.27. The molecule has 0 aromatic carbocycles. The van der Waals surface area contributed by atoms with Crippen LogP contribution in [-0.2, 0) is 0 Å². The molecule has 4 heteroatoms. The van der Waals surface area contributed by atoms with Crippen LogP contribution in [0.5, 0.6) is 0 Å². The molecular formula is C2BrF2Li. The Hall–Kier alpha value is 0.677. The first kappa shape index (κ1) is 9.84. The molecule has 0 aromatic rings. The van der Waals surface area contributed by atoms with Crippen molar-refractivity contribution < 1.29 is 27.6 Å². The van der Waals surface area contributed by atoms with Gasteiger partial charge in [-0.05, 0) is 0 Å². The number of hydrogen-bond donors (Lipinski definition) is 0. The smallest absolute Gasteiger partial charge is 0.353 e. The fraction of sp³-hybridized carbons (Fsp3) is 0. The van der Waals surface area contributed by atoms with Crippen LogP contribution in [0.4, 0.5) is 8.78 Å². The predicted octanol–water partition coefficient (Wildman–Crippen LogP) is -1.07. The maximum atomic E-state index is 10.5. The SMILES string of the molecule is FC(F)=[C-]Br.[Li+]. The minimum atomic E-state index is -1.83. The molecule has 0 N–H and O–H groups in total. The van der Waals surface area contributed by atoms with Crippen molar-refractivity contribution in [3.05, 3.63) is 11.1 Å². The molecular weight excluding hydrogens is 149 g/mol. The molecule has 0 heterocycles. The third kappa shape index (κ3) is 8.82. The van der Waals surface area contributed by atoms with Gasteiger partial charge in [0.05, 0.1) is 0 Å². The Morgan fingerprint density at radius 2 is 1.67 bits per heavy atom. The van der Waals surface area contributed by atoms with Crippen LogP contribution in [0, 0.1) is 4.99 Å². The molecule has 0 radical (unpaired) electrons. The van der Waals surface area contributed by atoms with Gasteiger partial charge in [0.1, 0.15) is 6.08 Å².